The van der Waals surface area contributed by atoms with Crippen LogP contribution in [0.1, 0.15) is 30.0 Å². The van der Waals surface area contributed by atoms with Crippen LogP contribution in [0.3, 0.4) is 0 Å². The molecule has 3 N–H and O–H groups in total. The summed E-state index contributed by atoms with van der Waals surface area (Å²) in [5.41, 5.74) is 2.54. The molecule has 1 aromatic carbocycles. The predicted molar refractivity (Wildman–Crippen MR) is 153 cm³/mol. The molecule has 0 fully saturated rings. The first kappa shape index (κ1) is 30.8. The minimum absolute atomic E-state index is 0.0861. The molecule has 0 aliphatic heterocycles. The Morgan fingerprint density at radius 3 is 2.26 bits per heavy atom. The van der Waals surface area contributed by atoms with Gasteiger partial charge in [-0.1, -0.05) is 6.07 Å². The molecule has 3 heterocycles. The van der Waals surface area contributed by atoms with Crippen molar-refractivity contribution in [1.29, 1.82) is 0 Å². The van der Waals surface area contributed by atoms with Crippen molar-refractivity contribution < 1.29 is 32.8 Å². The van der Waals surface area contributed by atoms with Gasteiger partial charge in [0.05, 0.1) is 27.4 Å². The van der Waals surface area contributed by atoms with Crippen LogP contribution >= 0.6 is 0 Å². The Bertz CT molecular complexity index is 1590. The number of pyridine rings is 1. The number of sulfonamides is 1. The van der Waals surface area contributed by atoms with Crippen LogP contribution in [0.15, 0.2) is 49.1 Å². The molecule has 15 heteroatoms. The number of nitrogens with one attached hydrogen (secondary N) is 1. The van der Waals surface area contributed by atoms with E-state index in [-0.39, 0.29) is 24.2 Å². The maximum atomic E-state index is 13.9. The van der Waals surface area contributed by atoms with Gasteiger partial charge >= 0.3 is 0 Å². The van der Waals surface area contributed by atoms with Gasteiger partial charge in [-0.05, 0) is 50.1 Å². The fourth-order valence-corrected chi connectivity index (χ4v) is 5.20. The van der Waals surface area contributed by atoms with E-state index < -0.39 is 34.1 Å². The zero-order chi connectivity index (χ0) is 30.4. The van der Waals surface area contributed by atoms with Gasteiger partial charge in [0.25, 0.3) is 0 Å². The average molecular weight is 600 g/mol. The topological polar surface area (TPSA) is 184 Å². The summed E-state index contributed by atoms with van der Waals surface area (Å²) in [7, 11) is -1.33. The van der Waals surface area contributed by atoms with Crippen molar-refractivity contribution in [2.75, 3.05) is 32.2 Å². The van der Waals surface area contributed by atoms with E-state index in [1.54, 1.807) is 37.5 Å². The fraction of sp³-hybridized carbons (Fsp3) is 0.370. The summed E-state index contributed by atoms with van der Waals surface area (Å²) in [5.74, 6) is 0.955. The molecular weight excluding hydrogens is 566 g/mol. The Hall–Kier alpha value is -4.18. The minimum Gasteiger partial charge on any atom is -0.494 e. The zero-order valence-corrected chi connectivity index (χ0v) is 24.6. The monoisotopic (exact) mass is 599 g/mol. The van der Waals surface area contributed by atoms with E-state index in [4.69, 9.17) is 14.2 Å². The Morgan fingerprint density at radius 1 is 1.00 bits per heavy atom. The minimum atomic E-state index is -4.29. The largest absolute Gasteiger partial charge is 0.494 e. The van der Waals surface area contributed by atoms with Gasteiger partial charge in [-0.2, -0.15) is 0 Å². The van der Waals surface area contributed by atoms with Crippen LogP contribution in [0.2, 0.25) is 0 Å². The van der Waals surface area contributed by atoms with Gasteiger partial charge in [-0.3, -0.25) is 14.3 Å². The van der Waals surface area contributed by atoms with E-state index in [9.17, 15) is 18.6 Å². The molecule has 0 unspecified atom stereocenters. The Morgan fingerprint density at radius 2 is 1.67 bits per heavy atom. The van der Waals surface area contributed by atoms with Gasteiger partial charge < -0.3 is 24.4 Å². The molecule has 4 aromatic rings. The van der Waals surface area contributed by atoms with E-state index in [0.29, 0.717) is 22.7 Å². The summed E-state index contributed by atoms with van der Waals surface area (Å²) in [6.07, 6.45) is 3.89. The highest BCUT2D eigenvalue weighted by molar-refractivity contribution is 7.93. The highest BCUT2D eigenvalue weighted by Gasteiger charge is 2.36. The van der Waals surface area contributed by atoms with Crippen molar-refractivity contribution in [2.24, 2.45) is 0 Å². The number of benzene rings is 1. The van der Waals surface area contributed by atoms with Crippen LogP contribution in [0.4, 0.5) is 5.95 Å². The molecule has 224 valence electrons. The smallest absolute Gasteiger partial charge is 0.243 e. The van der Waals surface area contributed by atoms with Gasteiger partial charge in [0.15, 0.2) is 11.6 Å². The van der Waals surface area contributed by atoms with E-state index in [0.717, 1.165) is 11.1 Å². The summed E-state index contributed by atoms with van der Waals surface area (Å²) in [5, 5.41) is 26.3. The summed E-state index contributed by atoms with van der Waals surface area (Å²) < 4.78 is 48.7. The molecule has 0 saturated carbocycles. The number of aryl methyl sites for hydroxylation is 2. The Balaban J connectivity index is 1.82. The molecule has 0 radical (unpaired) electrons. The number of hydrogen-bond acceptors (Lipinski definition) is 12. The average Bonchev–Trinajstić information content (AvgIpc) is 3.39. The van der Waals surface area contributed by atoms with E-state index >= 15 is 0 Å². The molecule has 3 aromatic heterocycles. The highest BCUT2D eigenvalue weighted by atomic mass is 32.2. The number of hydrogen-bond donors (Lipinski definition) is 3. The van der Waals surface area contributed by atoms with Gasteiger partial charge in [0.1, 0.15) is 34.6 Å². The lowest BCUT2D eigenvalue weighted by Gasteiger charge is -2.25. The third-order valence-corrected chi connectivity index (χ3v) is 8.00. The van der Waals surface area contributed by atoms with Crippen molar-refractivity contribution in [3.8, 4) is 28.6 Å². The van der Waals surface area contributed by atoms with Crippen LogP contribution < -0.4 is 14.2 Å². The van der Waals surface area contributed by atoms with E-state index in [1.807, 2.05) is 13.0 Å². The number of aliphatic hydroxyl groups is 2. The molecule has 0 saturated heterocycles. The molecule has 0 amide bonds. The van der Waals surface area contributed by atoms with Crippen LogP contribution in [0.25, 0.3) is 17.1 Å². The number of aliphatic hydroxyl groups excluding tert-OH is 2. The van der Waals surface area contributed by atoms with E-state index in [1.165, 1.54) is 38.1 Å². The third kappa shape index (κ3) is 6.65. The van der Waals surface area contributed by atoms with Crippen molar-refractivity contribution >= 4 is 16.0 Å². The second-order valence-electron chi connectivity index (χ2n) is 9.51. The number of para-hydroxylation sites is 1. The number of methoxy groups -OCH3 is 2. The highest BCUT2D eigenvalue weighted by Crippen LogP contribution is 2.38. The lowest BCUT2D eigenvalue weighted by molar-refractivity contribution is -0.0324. The standard InChI is InChI=1S/C27H33N7O7S/c1-16-9-19(13-28-10-16)26-31-32-27(34(26)23-21(39-4)7-6-8-22(23)40-5)33-42(37,38)18(3)24(41-15-20(36)14-35)25-29-11-17(2)12-30-25/h6-13,18,20,24,35-36H,14-15H2,1-5H3,(H,32,33)/t18-,20-,24-/m0/s1. The number of aromatic nitrogens is 6. The maximum Gasteiger partial charge on any atom is 0.243 e. The first-order valence-corrected chi connectivity index (χ1v) is 14.4. The molecular formula is C27H33N7O7S. The first-order chi connectivity index (χ1) is 20.1. The predicted octanol–water partition coefficient (Wildman–Crippen LogP) is 1.99. The van der Waals surface area contributed by atoms with Crippen molar-refractivity contribution in [2.45, 2.75) is 38.2 Å². The molecule has 0 spiro atoms. The van der Waals surface area contributed by atoms with Crippen LogP contribution in [0.5, 0.6) is 11.5 Å². The van der Waals surface area contributed by atoms with Crippen molar-refractivity contribution in [3.63, 3.8) is 0 Å². The molecule has 0 aliphatic rings. The molecule has 3 atom stereocenters. The molecule has 42 heavy (non-hydrogen) atoms. The van der Waals surface area contributed by atoms with Crippen LogP contribution in [0, 0.1) is 13.8 Å². The Kier molecular flexibility index (Phi) is 9.67. The maximum absolute atomic E-state index is 13.9. The zero-order valence-electron chi connectivity index (χ0n) is 23.8. The fourth-order valence-electron chi connectivity index (χ4n) is 4.10. The number of ether oxygens (including phenoxy) is 3. The Labute approximate surface area is 243 Å². The number of anilines is 1. The van der Waals surface area contributed by atoms with E-state index in [2.05, 4.69) is 29.9 Å². The quantitative estimate of drug-likeness (QED) is 0.203. The molecule has 0 aliphatic carbocycles. The lowest BCUT2D eigenvalue weighted by Crippen LogP contribution is -2.35. The molecule has 0 bridgehead atoms. The summed E-state index contributed by atoms with van der Waals surface area (Å²) in [6.45, 7) is 4.15. The van der Waals surface area contributed by atoms with Crippen molar-refractivity contribution in [3.05, 3.63) is 66.0 Å². The molecule has 14 nitrogen and oxygen atoms in total. The molecule has 4 rings (SSSR count). The van der Waals surface area contributed by atoms with Gasteiger partial charge in [0, 0.05) is 30.4 Å². The summed E-state index contributed by atoms with van der Waals surface area (Å²) in [6, 6.07) is 6.96. The summed E-state index contributed by atoms with van der Waals surface area (Å²) in [4.78, 5) is 12.7. The third-order valence-electron chi connectivity index (χ3n) is 6.31. The first-order valence-electron chi connectivity index (χ1n) is 12.9. The summed E-state index contributed by atoms with van der Waals surface area (Å²) >= 11 is 0. The second-order valence-corrected chi connectivity index (χ2v) is 11.5. The van der Waals surface area contributed by atoms with Gasteiger partial charge in [0.2, 0.25) is 16.0 Å². The van der Waals surface area contributed by atoms with Crippen LogP contribution in [-0.4, -0.2) is 87.1 Å². The van der Waals surface area contributed by atoms with Crippen molar-refractivity contribution in [1.82, 2.24) is 29.7 Å². The number of rotatable bonds is 13. The van der Waals surface area contributed by atoms with Crippen LogP contribution in [-0.2, 0) is 14.8 Å². The second kappa shape index (κ2) is 13.2. The SMILES string of the molecule is COc1cccc(OC)c1-n1c(NS(=O)(=O)[C@@H](C)[C@H](OC[C@@H](O)CO)c2ncc(C)cn2)nnc1-c1cncc(C)c1. The van der Waals surface area contributed by atoms with Gasteiger partial charge in [-0.15, -0.1) is 10.2 Å². The normalized spacial score (nSPS) is 13.8. The number of nitrogens with zero attached hydrogens (tertiary/aromatic N) is 6. The van der Waals surface area contributed by atoms with Gasteiger partial charge in [-0.25, -0.2) is 18.4 Å². The lowest BCUT2D eigenvalue weighted by atomic mass is 10.2.